The second-order valence-corrected chi connectivity index (χ2v) is 9.54. The fourth-order valence-electron chi connectivity index (χ4n) is 3.99. The predicted octanol–water partition coefficient (Wildman–Crippen LogP) is 3.15. The Bertz CT molecular complexity index is 1090. The maximum absolute atomic E-state index is 11.8. The van der Waals surface area contributed by atoms with Crippen molar-refractivity contribution in [3.63, 3.8) is 0 Å². The van der Waals surface area contributed by atoms with Gasteiger partial charge in [-0.2, -0.15) is 0 Å². The van der Waals surface area contributed by atoms with Crippen LogP contribution in [0.1, 0.15) is 29.9 Å². The van der Waals surface area contributed by atoms with Crippen LogP contribution in [0.15, 0.2) is 48.7 Å². The summed E-state index contributed by atoms with van der Waals surface area (Å²) in [4.78, 5) is 14.9. The molecule has 5 nitrogen and oxygen atoms in total. The van der Waals surface area contributed by atoms with Gasteiger partial charge in [-0.05, 0) is 53.1 Å². The molecule has 3 N–H and O–H groups in total. The molecule has 1 amide bonds. The Kier molecular flexibility index (Phi) is 4.52. The molecule has 140 valence electrons. The maximum Gasteiger partial charge on any atom is 0.221 e. The molecule has 1 fully saturated rings. The van der Waals surface area contributed by atoms with Gasteiger partial charge >= 0.3 is 0 Å². The molecule has 2 heterocycles. The number of fused-ring (bicyclic) bond motifs is 1. The average molecular weight is 382 g/mol. The molecule has 0 atom stereocenters. The summed E-state index contributed by atoms with van der Waals surface area (Å²) in [7, 11) is -2.91. The van der Waals surface area contributed by atoms with Gasteiger partial charge < -0.3 is 10.7 Å². The van der Waals surface area contributed by atoms with Crippen molar-refractivity contribution < 1.29 is 13.2 Å². The number of nitrogens with one attached hydrogen (secondary N) is 1. The van der Waals surface area contributed by atoms with Crippen LogP contribution in [-0.4, -0.2) is 30.8 Å². The zero-order chi connectivity index (χ0) is 19.0. The minimum atomic E-state index is -2.91. The van der Waals surface area contributed by atoms with Crippen molar-refractivity contribution in [2.45, 2.75) is 25.2 Å². The van der Waals surface area contributed by atoms with E-state index >= 15 is 0 Å². The summed E-state index contributed by atoms with van der Waals surface area (Å²) in [5.74, 6) is 0.296. The molecule has 0 bridgehead atoms. The molecule has 2 aromatic carbocycles. The molecule has 0 unspecified atom stereocenters. The van der Waals surface area contributed by atoms with Crippen molar-refractivity contribution in [1.29, 1.82) is 0 Å². The van der Waals surface area contributed by atoms with Gasteiger partial charge in [0.05, 0.1) is 17.9 Å². The zero-order valence-corrected chi connectivity index (χ0v) is 15.8. The van der Waals surface area contributed by atoms with E-state index in [4.69, 9.17) is 5.73 Å². The van der Waals surface area contributed by atoms with Crippen LogP contribution in [-0.2, 0) is 21.1 Å². The molecular weight excluding hydrogens is 360 g/mol. The van der Waals surface area contributed by atoms with E-state index in [2.05, 4.69) is 11.1 Å². The maximum atomic E-state index is 11.8. The molecule has 3 aromatic rings. The first kappa shape index (κ1) is 17.8. The quantitative estimate of drug-likeness (QED) is 0.726. The summed E-state index contributed by atoms with van der Waals surface area (Å²) < 4.78 is 23.6. The first-order valence-corrected chi connectivity index (χ1v) is 10.9. The number of carbonyl (C=O) groups is 1. The summed E-state index contributed by atoms with van der Waals surface area (Å²) in [6.45, 7) is 0. The molecule has 0 saturated carbocycles. The van der Waals surface area contributed by atoms with Gasteiger partial charge in [0, 0.05) is 17.1 Å². The third-order valence-corrected chi connectivity index (χ3v) is 7.08. The second kappa shape index (κ2) is 6.85. The highest BCUT2D eigenvalue weighted by atomic mass is 32.2. The van der Waals surface area contributed by atoms with Gasteiger partial charge in [-0.15, -0.1) is 0 Å². The number of hydrogen-bond donors (Lipinski definition) is 2. The van der Waals surface area contributed by atoms with Gasteiger partial charge in [0.25, 0.3) is 0 Å². The van der Waals surface area contributed by atoms with Gasteiger partial charge in [-0.1, -0.05) is 30.3 Å². The SMILES string of the molecule is NC(=O)Cc1cc(-c2ccccc2)cc2c(C3CCS(=O)(=O)CC3)c[nH]c12. The van der Waals surface area contributed by atoms with Crippen molar-refractivity contribution in [3.8, 4) is 11.1 Å². The Morgan fingerprint density at radius 3 is 2.44 bits per heavy atom. The van der Waals surface area contributed by atoms with E-state index in [1.54, 1.807) is 0 Å². The first-order valence-electron chi connectivity index (χ1n) is 9.11. The second-order valence-electron chi connectivity index (χ2n) is 7.24. The Morgan fingerprint density at radius 2 is 1.78 bits per heavy atom. The molecule has 4 rings (SSSR count). The Labute approximate surface area is 158 Å². The molecule has 0 radical (unpaired) electrons. The fraction of sp³-hybridized carbons (Fsp3) is 0.286. The van der Waals surface area contributed by atoms with Gasteiger partial charge in [0.15, 0.2) is 0 Å². The van der Waals surface area contributed by atoms with Crippen molar-refractivity contribution in [1.82, 2.24) is 4.98 Å². The van der Waals surface area contributed by atoms with Crippen LogP contribution in [0.4, 0.5) is 0 Å². The number of hydrogen-bond acceptors (Lipinski definition) is 3. The smallest absolute Gasteiger partial charge is 0.221 e. The normalized spacial score (nSPS) is 17.2. The van der Waals surface area contributed by atoms with E-state index in [1.807, 2.05) is 42.6 Å². The lowest BCUT2D eigenvalue weighted by molar-refractivity contribution is -0.117. The van der Waals surface area contributed by atoms with E-state index < -0.39 is 9.84 Å². The van der Waals surface area contributed by atoms with Gasteiger partial charge in [-0.3, -0.25) is 4.79 Å². The average Bonchev–Trinajstić information content (AvgIpc) is 3.06. The number of amides is 1. The molecule has 0 aliphatic carbocycles. The molecule has 1 aromatic heterocycles. The third-order valence-electron chi connectivity index (χ3n) is 5.37. The standard InChI is InChI=1S/C21H22N2O3S/c22-20(24)12-17-10-16(14-4-2-1-3-5-14)11-18-19(13-23-21(17)18)15-6-8-27(25,26)9-7-15/h1-5,10-11,13,15,23H,6-9,12H2,(H2,22,24). The van der Waals surface area contributed by atoms with Gasteiger partial charge in [-0.25, -0.2) is 8.42 Å². The number of benzene rings is 2. The number of sulfone groups is 1. The number of rotatable bonds is 4. The van der Waals surface area contributed by atoms with Crippen molar-refractivity contribution in [2.75, 3.05) is 11.5 Å². The highest BCUT2D eigenvalue weighted by Crippen LogP contribution is 2.37. The minimum absolute atomic E-state index is 0.163. The number of aromatic nitrogens is 1. The highest BCUT2D eigenvalue weighted by molar-refractivity contribution is 7.91. The van der Waals surface area contributed by atoms with Crippen LogP contribution in [0.3, 0.4) is 0 Å². The van der Waals surface area contributed by atoms with Gasteiger partial charge in [0.1, 0.15) is 9.84 Å². The predicted molar refractivity (Wildman–Crippen MR) is 107 cm³/mol. The van der Waals surface area contributed by atoms with Crippen LogP contribution in [0, 0.1) is 0 Å². The molecule has 6 heteroatoms. The molecule has 1 aliphatic rings. The highest BCUT2D eigenvalue weighted by Gasteiger charge is 2.27. The van der Waals surface area contributed by atoms with Crippen molar-refractivity contribution in [3.05, 3.63) is 59.8 Å². The lowest BCUT2D eigenvalue weighted by atomic mass is 9.90. The molecular formula is C21H22N2O3S. The topological polar surface area (TPSA) is 93.0 Å². The van der Waals surface area contributed by atoms with Gasteiger partial charge in [0.2, 0.25) is 5.91 Å². The summed E-state index contributed by atoms with van der Waals surface area (Å²) in [5.41, 5.74) is 10.5. The lowest BCUT2D eigenvalue weighted by Crippen LogP contribution is -2.22. The van der Waals surface area contributed by atoms with E-state index in [1.165, 1.54) is 0 Å². The van der Waals surface area contributed by atoms with Crippen LogP contribution in [0.2, 0.25) is 0 Å². The van der Waals surface area contributed by atoms with Crippen molar-refractivity contribution in [2.24, 2.45) is 5.73 Å². The molecule has 27 heavy (non-hydrogen) atoms. The van der Waals surface area contributed by atoms with Crippen LogP contribution in [0.25, 0.3) is 22.0 Å². The monoisotopic (exact) mass is 382 g/mol. The molecule has 1 saturated heterocycles. The zero-order valence-electron chi connectivity index (χ0n) is 14.9. The third kappa shape index (κ3) is 3.62. The summed E-state index contributed by atoms with van der Waals surface area (Å²) in [6.07, 6.45) is 3.40. The largest absolute Gasteiger partial charge is 0.369 e. The van der Waals surface area contributed by atoms with Crippen molar-refractivity contribution >= 4 is 26.6 Å². The van der Waals surface area contributed by atoms with Crippen LogP contribution >= 0.6 is 0 Å². The lowest BCUT2D eigenvalue weighted by Gasteiger charge is -2.21. The number of nitrogens with two attached hydrogens (primary N) is 1. The van der Waals surface area contributed by atoms with E-state index in [0.717, 1.165) is 33.2 Å². The number of carbonyl (C=O) groups excluding carboxylic acids is 1. The summed E-state index contributed by atoms with van der Waals surface area (Å²) in [6, 6.07) is 14.1. The number of H-pyrrole nitrogens is 1. The first-order chi connectivity index (χ1) is 12.9. The molecule has 0 spiro atoms. The number of primary amides is 1. The van der Waals surface area contributed by atoms with E-state index in [9.17, 15) is 13.2 Å². The molecule has 1 aliphatic heterocycles. The number of aromatic amines is 1. The summed E-state index contributed by atoms with van der Waals surface area (Å²) in [5, 5.41) is 1.05. The Morgan fingerprint density at radius 1 is 1.07 bits per heavy atom. The minimum Gasteiger partial charge on any atom is -0.369 e. The van der Waals surface area contributed by atoms with E-state index in [0.29, 0.717) is 12.8 Å². The fourth-order valence-corrected chi connectivity index (χ4v) is 5.48. The van der Waals surface area contributed by atoms with E-state index in [-0.39, 0.29) is 29.8 Å². The Hall–Kier alpha value is -2.60. The van der Waals surface area contributed by atoms with Crippen LogP contribution < -0.4 is 5.73 Å². The Balaban J connectivity index is 1.83. The summed E-state index contributed by atoms with van der Waals surface area (Å²) >= 11 is 0. The van der Waals surface area contributed by atoms with Crippen LogP contribution in [0.5, 0.6) is 0 Å².